The monoisotopic (exact) mass is 271 g/mol. The third-order valence-electron chi connectivity index (χ3n) is 2.16. The van der Waals surface area contributed by atoms with Crippen LogP contribution in [-0.2, 0) is 4.79 Å². The molecule has 1 heterocycles. The number of carbonyl (C=O) groups is 3. The molecule has 7 heteroatoms. The van der Waals surface area contributed by atoms with E-state index in [0.717, 1.165) is 16.7 Å². The highest BCUT2D eigenvalue weighted by Gasteiger charge is 2.29. The Kier molecular flexibility index (Phi) is 5.70. The average Bonchev–Trinajstić information content (AvgIpc) is 2.60. The summed E-state index contributed by atoms with van der Waals surface area (Å²) in [5.41, 5.74) is 0. The second-order valence-electron chi connectivity index (χ2n) is 4.10. The van der Waals surface area contributed by atoms with Crippen LogP contribution >= 0.6 is 11.8 Å². The highest BCUT2D eigenvalue weighted by atomic mass is 32.2. The van der Waals surface area contributed by atoms with Crippen LogP contribution in [0.15, 0.2) is 12.3 Å². The van der Waals surface area contributed by atoms with E-state index in [1.807, 2.05) is 19.9 Å². The first kappa shape index (κ1) is 14.6. The van der Waals surface area contributed by atoms with E-state index < -0.39 is 0 Å². The van der Waals surface area contributed by atoms with Gasteiger partial charge < -0.3 is 10.6 Å². The van der Waals surface area contributed by atoms with Gasteiger partial charge in [0.1, 0.15) is 0 Å². The summed E-state index contributed by atoms with van der Waals surface area (Å²) in [6.45, 7) is 4.46. The van der Waals surface area contributed by atoms with E-state index in [0.29, 0.717) is 5.92 Å². The van der Waals surface area contributed by atoms with Crippen molar-refractivity contribution in [2.75, 3.05) is 18.8 Å². The van der Waals surface area contributed by atoms with E-state index in [9.17, 15) is 14.4 Å². The molecule has 0 aromatic heterocycles. The van der Waals surface area contributed by atoms with E-state index >= 15 is 0 Å². The lowest BCUT2D eigenvalue weighted by molar-refractivity contribution is -0.124. The number of imide groups is 1. The Bertz CT molecular complexity index is 353. The fraction of sp³-hybridized carbons (Fsp3) is 0.545. The fourth-order valence-corrected chi connectivity index (χ4v) is 2.00. The molecule has 0 aromatic rings. The summed E-state index contributed by atoms with van der Waals surface area (Å²) < 4.78 is 0. The molecular formula is C11H17N3O3S. The van der Waals surface area contributed by atoms with E-state index in [1.54, 1.807) is 6.20 Å². The molecule has 2 N–H and O–H groups in total. The van der Waals surface area contributed by atoms with Gasteiger partial charge in [0.2, 0.25) is 5.91 Å². The maximum absolute atomic E-state index is 11.3. The van der Waals surface area contributed by atoms with Crippen molar-refractivity contribution < 1.29 is 14.4 Å². The standard InChI is InChI=1S/C11H17N3O3S/c1-8(2)3-4-12-10(16)13-5-6-14-9(15)7-18-11(14)17/h3-4,8H,5-7H2,1-2H3,(H2,12,13,16)/b4-3+. The number of hydrogen-bond donors (Lipinski definition) is 2. The Balaban J connectivity index is 2.19. The number of thioether (sulfide) groups is 1. The molecule has 100 valence electrons. The zero-order valence-corrected chi connectivity index (χ0v) is 11.3. The van der Waals surface area contributed by atoms with Crippen LogP contribution in [0.5, 0.6) is 0 Å². The largest absolute Gasteiger partial charge is 0.336 e. The molecule has 1 aliphatic rings. The molecule has 0 aromatic carbocycles. The minimum Gasteiger partial charge on any atom is -0.336 e. The minimum absolute atomic E-state index is 0.197. The quantitative estimate of drug-likeness (QED) is 0.786. The molecule has 18 heavy (non-hydrogen) atoms. The number of nitrogens with one attached hydrogen (secondary N) is 2. The molecule has 1 fully saturated rings. The van der Waals surface area contributed by atoms with Gasteiger partial charge in [-0.15, -0.1) is 0 Å². The molecule has 0 aliphatic carbocycles. The van der Waals surface area contributed by atoms with Crippen molar-refractivity contribution in [3.63, 3.8) is 0 Å². The number of carbonyl (C=O) groups excluding carboxylic acids is 3. The van der Waals surface area contributed by atoms with Gasteiger partial charge in [-0.05, 0) is 5.92 Å². The van der Waals surface area contributed by atoms with Crippen LogP contribution in [-0.4, -0.2) is 40.9 Å². The van der Waals surface area contributed by atoms with E-state index in [1.165, 1.54) is 0 Å². The van der Waals surface area contributed by atoms with Gasteiger partial charge >= 0.3 is 6.03 Å². The SMILES string of the molecule is CC(C)/C=C/NC(=O)NCCN1C(=O)CSC1=O. The number of amides is 4. The van der Waals surface area contributed by atoms with Gasteiger partial charge in [0.25, 0.3) is 5.24 Å². The molecule has 0 saturated carbocycles. The minimum atomic E-state index is -0.348. The number of rotatable bonds is 5. The van der Waals surface area contributed by atoms with Crippen molar-refractivity contribution >= 4 is 28.9 Å². The molecule has 0 spiro atoms. The lowest BCUT2D eigenvalue weighted by atomic mass is 10.2. The second kappa shape index (κ2) is 7.05. The summed E-state index contributed by atoms with van der Waals surface area (Å²) >= 11 is 0.987. The van der Waals surface area contributed by atoms with Crippen LogP contribution < -0.4 is 10.6 Å². The molecular weight excluding hydrogens is 254 g/mol. The number of urea groups is 1. The van der Waals surface area contributed by atoms with Crippen molar-refractivity contribution in [3.05, 3.63) is 12.3 Å². The molecule has 0 atom stereocenters. The van der Waals surface area contributed by atoms with Gasteiger partial charge in [-0.25, -0.2) is 4.79 Å². The summed E-state index contributed by atoms with van der Waals surface area (Å²) in [5.74, 6) is 0.358. The van der Waals surface area contributed by atoms with Crippen molar-refractivity contribution in [1.29, 1.82) is 0 Å². The van der Waals surface area contributed by atoms with Crippen LogP contribution in [0.3, 0.4) is 0 Å². The summed E-state index contributed by atoms with van der Waals surface area (Å²) in [7, 11) is 0. The Labute approximate surface area is 110 Å². The summed E-state index contributed by atoms with van der Waals surface area (Å²) in [5, 5.41) is 4.86. The number of allylic oxidation sites excluding steroid dienone is 1. The lowest BCUT2D eigenvalue weighted by Crippen LogP contribution is -2.40. The van der Waals surface area contributed by atoms with Crippen molar-refractivity contribution in [3.8, 4) is 0 Å². The van der Waals surface area contributed by atoms with Crippen molar-refractivity contribution in [2.24, 2.45) is 5.92 Å². The normalized spacial score (nSPS) is 15.8. The zero-order chi connectivity index (χ0) is 13.5. The first-order valence-corrected chi connectivity index (χ1v) is 6.67. The second-order valence-corrected chi connectivity index (χ2v) is 5.03. The van der Waals surface area contributed by atoms with Crippen LogP contribution in [0, 0.1) is 5.92 Å². The smallest absolute Gasteiger partial charge is 0.318 e. The molecule has 4 amide bonds. The average molecular weight is 271 g/mol. The zero-order valence-electron chi connectivity index (χ0n) is 10.4. The van der Waals surface area contributed by atoms with Crippen LogP contribution in [0.25, 0.3) is 0 Å². The van der Waals surface area contributed by atoms with Gasteiger partial charge in [-0.3, -0.25) is 14.5 Å². The summed E-state index contributed by atoms with van der Waals surface area (Å²) in [6, 6.07) is -0.348. The van der Waals surface area contributed by atoms with Crippen LogP contribution in [0.1, 0.15) is 13.8 Å². The number of hydrogen-bond acceptors (Lipinski definition) is 4. The van der Waals surface area contributed by atoms with E-state index in [4.69, 9.17) is 0 Å². The van der Waals surface area contributed by atoms with Gasteiger partial charge in [-0.2, -0.15) is 0 Å². The first-order valence-electron chi connectivity index (χ1n) is 5.69. The van der Waals surface area contributed by atoms with Gasteiger partial charge in [-0.1, -0.05) is 31.7 Å². The predicted octanol–water partition coefficient (Wildman–Crippen LogP) is 1.15. The number of nitrogens with zero attached hydrogens (tertiary/aromatic N) is 1. The van der Waals surface area contributed by atoms with Gasteiger partial charge in [0, 0.05) is 19.3 Å². The lowest BCUT2D eigenvalue weighted by Gasteiger charge is -2.12. The first-order chi connectivity index (χ1) is 8.50. The predicted molar refractivity (Wildman–Crippen MR) is 70.1 cm³/mol. The molecule has 1 rings (SSSR count). The molecule has 0 unspecified atom stereocenters. The van der Waals surface area contributed by atoms with Gasteiger partial charge in [0.05, 0.1) is 5.75 Å². The summed E-state index contributed by atoms with van der Waals surface area (Å²) in [4.78, 5) is 34.9. The van der Waals surface area contributed by atoms with E-state index in [2.05, 4.69) is 10.6 Å². The maximum Gasteiger partial charge on any atom is 0.318 e. The summed E-state index contributed by atoms with van der Waals surface area (Å²) in [6.07, 6.45) is 3.42. The molecule has 6 nitrogen and oxygen atoms in total. The third kappa shape index (κ3) is 4.79. The Hall–Kier alpha value is -1.50. The van der Waals surface area contributed by atoms with Crippen molar-refractivity contribution in [1.82, 2.24) is 15.5 Å². The Morgan fingerprint density at radius 2 is 2.22 bits per heavy atom. The van der Waals surface area contributed by atoms with Crippen LogP contribution in [0.2, 0.25) is 0 Å². The Morgan fingerprint density at radius 1 is 1.50 bits per heavy atom. The Morgan fingerprint density at radius 3 is 2.78 bits per heavy atom. The molecule has 0 radical (unpaired) electrons. The maximum atomic E-state index is 11.3. The van der Waals surface area contributed by atoms with E-state index in [-0.39, 0.29) is 36.0 Å². The fourth-order valence-electron chi connectivity index (χ4n) is 1.25. The van der Waals surface area contributed by atoms with Gasteiger partial charge in [0.15, 0.2) is 0 Å². The highest BCUT2D eigenvalue weighted by Crippen LogP contribution is 2.17. The molecule has 1 aliphatic heterocycles. The molecule has 1 saturated heterocycles. The molecule has 0 bridgehead atoms. The van der Waals surface area contributed by atoms with Crippen LogP contribution in [0.4, 0.5) is 9.59 Å². The highest BCUT2D eigenvalue weighted by molar-refractivity contribution is 8.14. The van der Waals surface area contributed by atoms with Crippen molar-refractivity contribution in [2.45, 2.75) is 13.8 Å². The topological polar surface area (TPSA) is 78.5 Å². The third-order valence-corrected chi connectivity index (χ3v) is 3.02.